The maximum Gasteiger partial charge on any atom is 0.332 e. The Morgan fingerprint density at radius 1 is 1.50 bits per heavy atom. The van der Waals surface area contributed by atoms with Crippen molar-refractivity contribution in [3.05, 3.63) is 0 Å². The summed E-state index contributed by atoms with van der Waals surface area (Å²) in [5, 5.41) is 0. The number of rotatable bonds is 2. The Balaban J connectivity index is 2.67. The van der Waals surface area contributed by atoms with Crippen LogP contribution in [0.3, 0.4) is 0 Å². The van der Waals surface area contributed by atoms with Gasteiger partial charge in [-0.1, -0.05) is 0 Å². The van der Waals surface area contributed by atoms with E-state index in [2.05, 4.69) is 4.74 Å². The predicted octanol–water partition coefficient (Wildman–Crippen LogP) is -1.62. The summed E-state index contributed by atoms with van der Waals surface area (Å²) in [4.78, 5) is 21.2. The van der Waals surface area contributed by atoms with Gasteiger partial charge in [-0.25, -0.2) is 17.9 Å². The standard InChI is InChI=1S/C5H7NO5S/c1-12(9,10)6-3-2-4(7)11-5(3)8/h3,6H,2H2,1H3. The molecule has 1 unspecified atom stereocenters. The molecular weight excluding hydrogens is 186 g/mol. The molecule has 7 heteroatoms. The number of nitrogens with one attached hydrogen (secondary N) is 1. The minimum absolute atomic E-state index is 0.230. The number of hydrogen-bond acceptors (Lipinski definition) is 5. The van der Waals surface area contributed by atoms with Crippen molar-refractivity contribution in [2.24, 2.45) is 0 Å². The van der Waals surface area contributed by atoms with Crippen LogP contribution in [0.2, 0.25) is 0 Å². The molecule has 0 aromatic heterocycles. The first-order chi connectivity index (χ1) is 5.38. The summed E-state index contributed by atoms with van der Waals surface area (Å²) in [6, 6.07) is -1.05. The molecular formula is C5H7NO5S. The van der Waals surface area contributed by atoms with Gasteiger partial charge in [0.1, 0.15) is 6.04 Å². The van der Waals surface area contributed by atoms with Gasteiger partial charge in [-0.05, 0) is 0 Å². The van der Waals surface area contributed by atoms with Gasteiger partial charge in [0.15, 0.2) is 0 Å². The summed E-state index contributed by atoms with van der Waals surface area (Å²) in [5.74, 6) is -1.55. The molecule has 0 amide bonds. The summed E-state index contributed by atoms with van der Waals surface area (Å²) in [6.45, 7) is 0. The van der Waals surface area contributed by atoms with Crippen LogP contribution in [0.4, 0.5) is 0 Å². The molecule has 0 radical (unpaired) electrons. The number of carbonyl (C=O) groups is 2. The third kappa shape index (κ3) is 2.28. The van der Waals surface area contributed by atoms with Gasteiger partial charge in [0.2, 0.25) is 10.0 Å². The highest BCUT2D eigenvalue weighted by atomic mass is 32.2. The average Bonchev–Trinajstić information content (AvgIpc) is 2.06. The van der Waals surface area contributed by atoms with Crippen LogP contribution in [0.1, 0.15) is 6.42 Å². The Bertz CT molecular complexity index is 319. The van der Waals surface area contributed by atoms with Gasteiger partial charge in [-0.2, -0.15) is 0 Å². The second-order valence-corrected chi connectivity index (χ2v) is 4.22. The SMILES string of the molecule is CS(=O)(=O)NC1CC(=O)OC1=O. The summed E-state index contributed by atoms with van der Waals surface area (Å²) < 4.78 is 27.3. The molecule has 1 aliphatic rings. The molecule has 0 aromatic carbocycles. The molecule has 0 saturated carbocycles. The number of esters is 2. The Morgan fingerprint density at radius 2 is 2.08 bits per heavy atom. The highest BCUT2D eigenvalue weighted by Gasteiger charge is 2.35. The van der Waals surface area contributed by atoms with E-state index in [-0.39, 0.29) is 6.42 Å². The van der Waals surface area contributed by atoms with Gasteiger partial charge in [0.25, 0.3) is 0 Å². The van der Waals surface area contributed by atoms with Crippen LogP contribution in [0.15, 0.2) is 0 Å². The monoisotopic (exact) mass is 193 g/mol. The zero-order valence-electron chi connectivity index (χ0n) is 6.23. The third-order valence-corrected chi connectivity index (χ3v) is 1.94. The van der Waals surface area contributed by atoms with Gasteiger partial charge in [-0.3, -0.25) is 4.79 Å². The van der Waals surface area contributed by atoms with Gasteiger partial charge in [0.05, 0.1) is 12.7 Å². The molecule has 0 spiro atoms. The zero-order valence-corrected chi connectivity index (χ0v) is 7.05. The number of cyclic esters (lactones) is 2. The van der Waals surface area contributed by atoms with Crippen molar-refractivity contribution >= 4 is 22.0 Å². The number of sulfonamides is 1. The van der Waals surface area contributed by atoms with Crippen LogP contribution in [0.5, 0.6) is 0 Å². The normalized spacial score (nSPS) is 24.2. The summed E-state index contributed by atoms with van der Waals surface area (Å²) in [7, 11) is -3.47. The highest BCUT2D eigenvalue weighted by Crippen LogP contribution is 2.08. The predicted molar refractivity (Wildman–Crippen MR) is 37.5 cm³/mol. The minimum atomic E-state index is -3.47. The molecule has 1 fully saturated rings. The Morgan fingerprint density at radius 3 is 2.42 bits per heavy atom. The van der Waals surface area contributed by atoms with Gasteiger partial charge in [-0.15, -0.1) is 0 Å². The molecule has 6 nitrogen and oxygen atoms in total. The van der Waals surface area contributed by atoms with Gasteiger partial charge in [0, 0.05) is 0 Å². The Hall–Kier alpha value is -0.950. The van der Waals surface area contributed by atoms with Crippen LogP contribution in [0.25, 0.3) is 0 Å². The Kier molecular flexibility index (Phi) is 2.16. The molecule has 1 heterocycles. The van der Waals surface area contributed by atoms with Crippen molar-refractivity contribution in [2.75, 3.05) is 6.26 Å². The molecule has 1 N–H and O–H groups in total. The van der Waals surface area contributed by atoms with Crippen molar-refractivity contribution in [3.8, 4) is 0 Å². The van der Waals surface area contributed by atoms with E-state index in [1.807, 2.05) is 4.72 Å². The average molecular weight is 193 g/mol. The van der Waals surface area contributed by atoms with Crippen LogP contribution in [-0.2, 0) is 24.3 Å². The third-order valence-electron chi connectivity index (χ3n) is 1.23. The van der Waals surface area contributed by atoms with Gasteiger partial charge < -0.3 is 4.74 Å². The van der Waals surface area contributed by atoms with Gasteiger partial charge >= 0.3 is 11.9 Å². The first kappa shape index (κ1) is 9.14. The zero-order chi connectivity index (χ0) is 9.35. The van der Waals surface area contributed by atoms with Crippen molar-refractivity contribution in [1.82, 2.24) is 4.72 Å². The van der Waals surface area contributed by atoms with Crippen LogP contribution in [0, 0.1) is 0 Å². The van der Waals surface area contributed by atoms with Crippen molar-refractivity contribution in [3.63, 3.8) is 0 Å². The first-order valence-corrected chi connectivity index (χ1v) is 4.99. The Labute approximate surface area is 68.9 Å². The van der Waals surface area contributed by atoms with Crippen LogP contribution >= 0.6 is 0 Å². The fourth-order valence-corrected chi connectivity index (χ4v) is 1.52. The second-order valence-electron chi connectivity index (χ2n) is 2.44. The lowest BCUT2D eigenvalue weighted by atomic mass is 10.3. The van der Waals surface area contributed by atoms with E-state index in [4.69, 9.17) is 0 Å². The van der Waals surface area contributed by atoms with E-state index in [9.17, 15) is 18.0 Å². The lowest BCUT2D eigenvalue weighted by molar-refractivity contribution is -0.152. The molecule has 0 bridgehead atoms. The van der Waals surface area contributed by atoms with E-state index in [1.54, 1.807) is 0 Å². The summed E-state index contributed by atoms with van der Waals surface area (Å²) in [6.07, 6.45) is 0.676. The largest absolute Gasteiger partial charge is 0.392 e. The molecule has 0 aliphatic carbocycles. The van der Waals surface area contributed by atoms with E-state index < -0.39 is 28.0 Å². The molecule has 12 heavy (non-hydrogen) atoms. The maximum absolute atomic E-state index is 10.7. The maximum atomic E-state index is 10.7. The first-order valence-electron chi connectivity index (χ1n) is 3.10. The quantitative estimate of drug-likeness (QED) is 0.420. The smallest absolute Gasteiger partial charge is 0.332 e. The molecule has 68 valence electrons. The fraction of sp³-hybridized carbons (Fsp3) is 0.600. The van der Waals surface area contributed by atoms with Crippen molar-refractivity contribution in [1.29, 1.82) is 0 Å². The lowest BCUT2D eigenvalue weighted by Gasteiger charge is -2.03. The molecule has 1 atom stereocenters. The summed E-state index contributed by atoms with van der Waals surface area (Å²) in [5.41, 5.74) is 0. The van der Waals surface area contributed by atoms with Crippen LogP contribution in [-0.4, -0.2) is 32.7 Å². The van der Waals surface area contributed by atoms with Crippen molar-refractivity contribution < 1.29 is 22.7 Å². The topological polar surface area (TPSA) is 89.5 Å². The minimum Gasteiger partial charge on any atom is -0.392 e. The van der Waals surface area contributed by atoms with Crippen LogP contribution < -0.4 is 4.72 Å². The number of carbonyl (C=O) groups excluding carboxylic acids is 2. The molecule has 1 aliphatic heterocycles. The number of ether oxygens (including phenoxy) is 1. The lowest BCUT2D eigenvalue weighted by Crippen LogP contribution is -2.37. The number of hydrogen-bond donors (Lipinski definition) is 1. The van der Waals surface area contributed by atoms with E-state index in [0.29, 0.717) is 0 Å². The summed E-state index contributed by atoms with van der Waals surface area (Å²) >= 11 is 0. The second kappa shape index (κ2) is 2.83. The molecule has 1 saturated heterocycles. The van der Waals surface area contributed by atoms with Crippen molar-refractivity contribution in [2.45, 2.75) is 12.5 Å². The highest BCUT2D eigenvalue weighted by molar-refractivity contribution is 7.88. The fourth-order valence-electron chi connectivity index (χ4n) is 0.823. The molecule has 0 aromatic rings. The van der Waals surface area contributed by atoms with E-state index in [0.717, 1.165) is 6.26 Å². The van der Waals surface area contributed by atoms with E-state index >= 15 is 0 Å². The molecule has 1 rings (SSSR count). The van der Waals surface area contributed by atoms with E-state index in [1.165, 1.54) is 0 Å².